The zero-order chi connectivity index (χ0) is 17.3. The molecular weight excluding hydrogens is 316 g/mol. The van der Waals surface area contributed by atoms with Crippen molar-refractivity contribution in [1.82, 2.24) is 4.98 Å². The van der Waals surface area contributed by atoms with Crippen molar-refractivity contribution in [3.63, 3.8) is 0 Å². The van der Waals surface area contributed by atoms with Gasteiger partial charge in [-0.3, -0.25) is 24.3 Å². The van der Waals surface area contributed by atoms with Crippen LogP contribution in [-0.2, 0) is 14.4 Å². The summed E-state index contributed by atoms with van der Waals surface area (Å²) < 4.78 is 0. The Kier molecular flexibility index (Phi) is 2.94. The number of carbonyl (C=O) groups excluding carboxylic acids is 3. The molecule has 4 aliphatic rings. The summed E-state index contributed by atoms with van der Waals surface area (Å²) in [6.07, 6.45) is 2.09. The quantitative estimate of drug-likeness (QED) is 0.752. The molecule has 1 aliphatic heterocycles. The second-order valence-corrected chi connectivity index (χ2v) is 7.51. The van der Waals surface area contributed by atoms with Crippen LogP contribution in [0.5, 0.6) is 0 Å². The lowest BCUT2D eigenvalue weighted by Crippen LogP contribution is -2.46. The number of ketones is 1. The number of aromatic nitrogens is 1. The number of aryl methyl sites for hydroxylation is 1. The molecule has 4 fully saturated rings. The van der Waals surface area contributed by atoms with Gasteiger partial charge >= 0.3 is 0 Å². The van der Waals surface area contributed by atoms with Gasteiger partial charge in [0.2, 0.25) is 11.8 Å². The van der Waals surface area contributed by atoms with Crippen LogP contribution >= 0.6 is 0 Å². The number of benzene rings is 1. The molecule has 2 amide bonds. The Balaban J connectivity index is 1.58. The highest BCUT2D eigenvalue weighted by molar-refractivity contribution is 6.24. The molecule has 126 valence electrons. The molecule has 25 heavy (non-hydrogen) atoms. The molecule has 0 N–H and O–H groups in total. The van der Waals surface area contributed by atoms with Crippen molar-refractivity contribution in [2.45, 2.75) is 26.2 Å². The lowest BCUT2D eigenvalue weighted by Gasteiger charge is -2.41. The van der Waals surface area contributed by atoms with Crippen LogP contribution in [0.25, 0.3) is 10.9 Å². The van der Waals surface area contributed by atoms with E-state index in [2.05, 4.69) is 4.98 Å². The minimum Gasteiger partial charge on any atom is -0.299 e. The van der Waals surface area contributed by atoms with Crippen molar-refractivity contribution in [2.24, 2.45) is 23.7 Å². The summed E-state index contributed by atoms with van der Waals surface area (Å²) >= 11 is 0. The Morgan fingerprint density at radius 2 is 1.80 bits per heavy atom. The van der Waals surface area contributed by atoms with E-state index in [1.807, 2.05) is 31.2 Å². The molecular formula is C20H18N2O3. The van der Waals surface area contributed by atoms with Crippen molar-refractivity contribution >= 4 is 34.2 Å². The Morgan fingerprint density at radius 1 is 1.00 bits per heavy atom. The van der Waals surface area contributed by atoms with E-state index in [1.54, 1.807) is 6.07 Å². The molecule has 1 saturated heterocycles. The van der Waals surface area contributed by atoms with E-state index in [9.17, 15) is 14.4 Å². The predicted octanol–water partition coefficient (Wildman–Crippen LogP) is 2.65. The summed E-state index contributed by atoms with van der Waals surface area (Å²) in [5.74, 6) is -1.14. The topological polar surface area (TPSA) is 67.3 Å². The van der Waals surface area contributed by atoms with E-state index >= 15 is 0 Å². The van der Waals surface area contributed by atoms with E-state index in [0.717, 1.165) is 29.4 Å². The zero-order valence-corrected chi connectivity index (χ0v) is 13.9. The number of hydrogen-bond donors (Lipinski definition) is 0. The number of hydrogen-bond acceptors (Lipinski definition) is 4. The fourth-order valence-corrected chi connectivity index (χ4v) is 4.99. The summed E-state index contributed by atoms with van der Waals surface area (Å²) in [7, 11) is 0. The molecule has 2 heterocycles. The van der Waals surface area contributed by atoms with Crippen molar-refractivity contribution in [3.05, 3.63) is 36.0 Å². The number of fused-ring (bicyclic) bond motifs is 3. The molecule has 2 bridgehead atoms. The number of pyridine rings is 1. The predicted molar refractivity (Wildman–Crippen MR) is 91.8 cm³/mol. The van der Waals surface area contributed by atoms with E-state index in [0.29, 0.717) is 12.1 Å². The number of Topliss-reactive ketones (excluding diaryl/α,β-unsaturated/α-hetero) is 1. The summed E-state index contributed by atoms with van der Waals surface area (Å²) in [4.78, 5) is 44.0. The van der Waals surface area contributed by atoms with Gasteiger partial charge in [-0.05, 0) is 49.9 Å². The fraction of sp³-hybridized carbons (Fsp3) is 0.400. The third-order valence-electron chi connectivity index (χ3n) is 6.13. The average molecular weight is 334 g/mol. The first-order valence-electron chi connectivity index (χ1n) is 8.82. The average Bonchev–Trinajstić information content (AvgIpc) is 2.88. The van der Waals surface area contributed by atoms with Gasteiger partial charge in [-0.1, -0.05) is 6.07 Å². The van der Waals surface area contributed by atoms with Gasteiger partial charge in [0.1, 0.15) is 5.78 Å². The van der Waals surface area contributed by atoms with E-state index in [4.69, 9.17) is 0 Å². The lowest BCUT2D eigenvalue weighted by molar-refractivity contribution is -0.143. The normalized spacial score (nSPS) is 31.1. The smallest absolute Gasteiger partial charge is 0.238 e. The second-order valence-electron chi connectivity index (χ2n) is 7.51. The van der Waals surface area contributed by atoms with Crippen LogP contribution in [-0.4, -0.2) is 22.6 Å². The number of nitrogens with zero attached hydrogens (tertiary/aromatic N) is 2. The van der Waals surface area contributed by atoms with Gasteiger partial charge in [-0.2, -0.15) is 0 Å². The SMILES string of the molecule is Cc1ccc2cc(N3C(=O)C4C5CCC(C(=O)C5)C4C3=O)ccc2n1. The number of amides is 2. The maximum absolute atomic E-state index is 13.0. The Bertz CT molecular complexity index is 951. The first kappa shape index (κ1) is 14.8. The third-order valence-corrected chi connectivity index (χ3v) is 6.13. The highest BCUT2D eigenvalue weighted by Crippen LogP contribution is 2.52. The number of rotatable bonds is 1. The summed E-state index contributed by atoms with van der Waals surface area (Å²) in [5, 5.41) is 0.901. The van der Waals surface area contributed by atoms with E-state index in [1.165, 1.54) is 4.90 Å². The van der Waals surface area contributed by atoms with Crippen molar-refractivity contribution in [3.8, 4) is 0 Å². The summed E-state index contributed by atoms with van der Waals surface area (Å²) in [6.45, 7) is 1.93. The van der Waals surface area contributed by atoms with E-state index < -0.39 is 5.92 Å². The Hall–Kier alpha value is -2.56. The molecule has 0 radical (unpaired) electrons. The number of imide groups is 1. The van der Waals surface area contributed by atoms with E-state index in [-0.39, 0.29) is 35.4 Å². The van der Waals surface area contributed by atoms with Gasteiger partial charge in [-0.25, -0.2) is 0 Å². The molecule has 3 saturated carbocycles. The molecule has 4 unspecified atom stereocenters. The number of anilines is 1. The third kappa shape index (κ3) is 1.95. The van der Waals surface area contributed by atoms with Gasteiger partial charge in [0, 0.05) is 23.4 Å². The van der Waals surface area contributed by atoms with Crippen molar-refractivity contribution in [2.75, 3.05) is 4.90 Å². The van der Waals surface area contributed by atoms with Crippen LogP contribution in [0.4, 0.5) is 5.69 Å². The summed E-state index contributed by atoms with van der Waals surface area (Å²) in [6, 6.07) is 9.34. The molecule has 2 aromatic rings. The van der Waals surface area contributed by atoms with Gasteiger partial charge in [-0.15, -0.1) is 0 Å². The highest BCUT2D eigenvalue weighted by atomic mass is 16.2. The molecule has 6 rings (SSSR count). The van der Waals surface area contributed by atoms with Gasteiger partial charge < -0.3 is 0 Å². The molecule has 5 heteroatoms. The van der Waals surface area contributed by atoms with Crippen molar-refractivity contribution < 1.29 is 14.4 Å². The number of carbonyl (C=O) groups is 3. The van der Waals surface area contributed by atoms with Crippen molar-refractivity contribution in [1.29, 1.82) is 0 Å². The van der Waals surface area contributed by atoms with Gasteiger partial charge in [0.05, 0.1) is 23.0 Å². The Labute approximate surface area is 145 Å². The Morgan fingerprint density at radius 3 is 2.60 bits per heavy atom. The molecule has 1 aromatic carbocycles. The first-order chi connectivity index (χ1) is 12.0. The van der Waals surface area contributed by atoms with Crippen LogP contribution in [0.1, 0.15) is 25.0 Å². The van der Waals surface area contributed by atoms with Gasteiger partial charge in [0.25, 0.3) is 0 Å². The summed E-state index contributed by atoms with van der Waals surface area (Å²) in [5.41, 5.74) is 2.36. The molecule has 1 aromatic heterocycles. The van der Waals surface area contributed by atoms with Crippen LogP contribution in [0.15, 0.2) is 30.3 Å². The van der Waals surface area contributed by atoms with Crippen LogP contribution in [0, 0.1) is 30.6 Å². The first-order valence-corrected chi connectivity index (χ1v) is 8.82. The lowest BCUT2D eigenvalue weighted by atomic mass is 9.59. The molecule has 4 atom stereocenters. The standard InChI is InChI=1S/C20H18N2O3/c1-10-2-3-11-8-13(5-7-15(11)21-10)22-19(24)17-12-4-6-14(16(23)9-12)18(17)20(22)25/h2-3,5,7-8,12,14,17-18H,4,6,9H2,1H3. The van der Waals surface area contributed by atoms with Crippen LogP contribution in [0.3, 0.4) is 0 Å². The molecule has 5 nitrogen and oxygen atoms in total. The zero-order valence-electron chi connectivity index (χ0n) is 13.9. The highest BCUT2D eigenvalue weighted by Gasteiger charge is 2.60. The largest absolute Gasteiger partial charge is 0.299 e. The fourth-order valence-electron chi connectivity index (χ4n) is 4.99. The van der Waals surface area contributed by atoms with Gasteiger partial charge in [0.15, 0.2) is 0 Å². The minimum atomic E-state index is -0.445. The second kappa shape index (κ2) is 4.97. The monoisotopic (exact) mass is 334 g/mol. The maximum atomic E-state index is 13.0. The maximum Gasteiger partial charge on any atom is 0.238 e. The molecule has 3 aliphatic carbocycles. The molecule has 0 spiro atoms. The van der Waals surface area contributed by atoms with Crippen LogP contribution in [0.2, 0.25) is 0 Å². The van der Waals surface area contributed by atoms with Crippen LogP contribution < -0.4 is 4.90 Å². The minimum absolute atomic E-state index is 0.0359.